The van der Waals surface area contributed by atoms with Crippen LogP contribution in [0.25, 0.3) is 0 Å². The minimum atomic E-state index is -0.626. The molecule has 0 aliphatic heterocycles. The summed E-state index contributed by atoms with van der Waals surface area (Å²) in [5.41, 5.74) is 3.60. The minimum Gasteiger partial charge on any atom is -0.393 e. The van der Waals surface area contributed by atoms with Gasteiger partial charge in [0.05, 0.1) is 18.3 Å². The molecule has 0 aromatic carbocycles. The molecule has 0 heterocycles. The summed E-state index contributed by atoms with van der Waals surface area (Å²) in [6, 6.07) is 0. The third-order valence-electron chi connectivity index (χ3n) is 8.61. The van der Waals surface area contributed by atoms with Gasteiger partial charge in [0.25, 0.3) is 0 Å². The summed E-state index contributed by atoms with van der Waals surface area (Å²) in [5.74, 6) is 2.35. The monoisotopic (exact) mass is 442 g/mol. The molecule has 3 aliphatic rings. The Balaban J connectivity index is 1.70. The highest BCUT2D eigenvalue weighted by Crippen LogP contribution is 2.59. The van der Waals surface area contributed by atoms with Crippen LogP contribution >= 0.6 is 0 Å². The summed E-state index contributed by atoms with van der Waals surface area (Å²) in [4.78, 5) is 0. The molecule has 3 heteroatoms. The predicted molar refractivity (Wildman–Crippen MR) is 133 cm³/mol. The molecule has 0 radical (unpaired) electrons. The van der Waals surface area contributed by atoms with Crippen molar-refractivity contribution in [3.8, 4) is 0 Å². The third-order valence-corrected chi connectivity index (χ3v) is 8.61. The summed E-state index contributed by atoms with van der Waals surface area (Å²) < 4.78 is 0. The molecule has 7 atom stereocenters. The second-order valence-electron chi connectivity index (χ2n) is 11.4. The fourth-order valence-corrected chi connectivity index (χ4v) is 6.65. The molecule has 0 aromatic heterocycles. The highest BCUT2D eigenvalue weighted by atomic mass is 16.3. The van der Waals surface area contributed by atoms with Gasteiger partial charge in [0.2, 0.25) is 0 Å². The normalized spacial score (nSPS) is 38.1. The molecule has 3 aliphatic carbocycles. The van der Waals surface area contributed by atoms with Crippen LogP contribution in [0, 0.1) is 29.1 Å². The summed E-state index contributed by atoms with van der Waals surface area (Å²) >= 11 is 0. The van der Waals surface area contributed by atoms with Gasteiger partial charge in [-0.05, 0) is 91.6 Å². The van der Waals surface area contributed by atoms with Crippen LogP contribution in [0.5, 0.6) is 0 Å². The van der Waals surface area contributed by atoms with Gasteiger partial charge in [-0.3, -0.25) is 0 Å². The maximum absolute atomic E-state index is 10.3. The van der Waals surface area contributed by atoms with Gasteiger partial charge in [0.15, 0.2) is 0 Å². The SMILES string of the molecule is C=C1C(=CC=C2CCC[C@]3(C)[C@@H]([C@H](C)C=C[C@@H](O)CCC(C)C)CC[C@@H]23)C[C@@H](O)C[C@@H]1O. The molecule has 0 spiro atoms. The van der Waals surface area contributed by atoms with Crippen LogP contribution in [-0.4, -0.2) is 33.6 Å². The van der Waals surface area contributed by atoms with Crippen LogP contribution in [0.1, 0.15) is 85.5 Å². The van der Waals surface area contributed by atoms with E-state index in [4.69, 9.17) is 0 Å². The highest BCUT2D eigenvalue weighted by molar-refractivity contribution is 5.38. The zero-order chi connectivity index (χ0) is 23.5. The number of fused-ring (bicyclic) bond motifs is 1. The molecule has 3 saturated carbocycles. The van der Waals surface area contributed by atoms with Crippen molar-refractivity contribution in [2.45, 2.75) is 104 Å². The Morgan fingerprint density at radius 2 is 1.84 bits per heavy atom. The molecule has 0 bridgehead atoms. The molecule has 0 aromatic rings. The predicted octanol–water partition coefficient (Wildman–Crippen LogP) is 6.12. The number of allylic oxidation sites excluding steroid dienone is 4. The quantitative estimate of drug-likeness (QED) is 0.416. The molecule has 0 saturated heterocycles. The minimum absolute atomic E-state index is 0.303. The standard InChI is InChI=1S/C29H46O3/c1-19(2)8-12-24(30)13-9-20(3)26-14-15-27-22(7-6-16-29(26,27)5)10-11-23-17-25(31)18-28(32)21(23)4/h9-11,13,19-20,24-28,30-32H,4,6-8,12,14-18H2,1-3,5H3/t20-,24+,25-,26-,27+,28+,29-/m1/s1. The molecule has 0 amide bonds. The topological polar surface area (TPSA) is 60.7 Å². The summed E-state index contributed by atoms with van der Waals surface area (Å²) in [5, 5.41) is 30.5. The van der Waals surface area contributed by atoms with Crippen molar-refractivity contribution < 1.29 is 15.3 Å². The average molecular weight is 443 g/mol. The van der Waals surface area contributed by atoms with Crippen LogP contribution < -0.4 is 0 Å². The van der Waals surface area contributed by atoms with Gasteiger partial charge >= 0.3 is 0 Å². The van der Waals surface area contributed by atoms with Crippen molar-refractivity contribution in [1.82, 2.24) is 0 Å². The molecule has 0 unspecified atom stereocenters. The summed E-state index contributed by atoms with van der Waals surface area (Å²) in [6.45, 7) is 13.3. The van der Waals surface area contributed by atoms with E-state index >= 15 is 0 Å². The second-order valence-corrected chi connectivity index (χ2v) is 11.4. The largest absolute Gasteiger partial charge is 0.393 e. The zero-order valence-corrected chi connectivity index (χ0v) is 20.8. The fraction of sp³-hybridized carbons (Fsp3) is 0.724. The number of rotatable bonds is 7. The number of hydrogen-bond donors (Lipinski definition) is 3. The van der Waals surface area contributed by atoms with E-state index in [2.05, 4.69) is 52.5 Å². The number of aliphatic hydroxyl groups is 3. The first-order valence-electron chi connectivity index (χ1n) is 12.9. The maximum Gasteiger partial charge on any atom is 0.0811 e. The van der Waals surface area contributed by atoms with Gasteiger partial charge in [-0.25, -0.2) is 0 Å². The van der Waals surface area contributed by atoms with E-state index in [1.165, 1.54) is 31.3 Å². The third kappa shape index (κ3) is 5.85. The van der Waals surface area contributed by atoms with Crippen LogP contribution in [0.2, 0.25) is 0 Å². The Morgan fingerprint density at radius 1 is 1.09 bits per heavy atom. The van der Waals surface area contributed by atoms with Crippen LogP contribution in [0.15, 0.2) is 47.6 Å². The van der Waals surface area contributed by atoms with Crippen LogP contribution in [0.3, 0.4) is 0 Å². The molecule has 3 N–H and O–H groups in total. The zero-order valence-electron chi connectivity index (χ0n) is 20.8. The lowest BCUT2D eigenvalue weighted by molar-refractivity contribution is 0.0862. The lowest BCUT2D eigenvalue weighted by atomic mass is 9.61. The average Bonchev–Trinajstić information content (AvgIpc) is 3.09. The van der Waals surface area contributed by atoms with E-state index in [9.17, 15) is 15.3 Å². The first kappa shape index (κ1) is 25.5. The van der Waals surface area contributed by atoms with Crippen molar-refractivity contribution >= 4 is 0 Å². The van der Waals surface area contributed by atoms with E-state index in [0.717, 1.165) is 30.4 Å². The van der Waals surface area contributed by atoms with Crippen molar-refractivity contribution in [3.63, 3.8) is 0 Å². The smallest absolute Gasteiger partial charge is 0.0811 e. The molecule has 3 rings (SSSR count). The van der Waals surface area contributed by atoms with Crippen molar-refractivity contribution in [1.29, 1.82) is 0 Å². The van der Waals surface area contributed by atoms with Crippen LogP contribution in [-0.2, 0) is 0 Å². The number of aliphatic hydroxyl groups excluding tert-OH is 3. The van der Waals surface area contributed by atoms with E-state index in [0.29, 0.717) is 41.9 Å². The highest BCUT2D eigenvalue weighted by Gasteiger charge is 2.50. The second kappa shape index (κ2) is 10.8. The molecular weight excluding hydrogens is 396 g/mol. The van der Waals surface area contributed by atoms with Crippen molar-refractivity contribution in [3.05, 3.63) is 47.6 Å². The van der Waals surface area contributed by atoms with Crippen LogP contribution in [0.4, 0.5) is 0 Å². The molecule has 3 nitrogen and oxygen atoms in total. The van der Waals surface area contributed by atoms with E-state index in [-0.39, 0.29) is 6.10 Å². The van der Waals surface area contributed by atoms with Gasteiger partial charge in [-0.15, -0.1) is 0 Å². The van der Waals surface area contributed by atoms with Gasteiger partial charge in [0, 0.05) is 6.42 Å². The lowest BCUT2D eigenvalue weighted by Crippen LogP contribution is -2.35. The Labute approximate surface area is 196 Å². The van der Waals surface area contributed by atoms with E-state index in [1.807, 2.05) is 6.08 Å². The fourth-order valence-electron chi connectivity index (χ4n) is 6.65. The Hall–Kier alpha value is -1.16. The Morgan fingerprint density at radius 3 is 2.56 bits per heavy atom. The first-order chi connectivity index (χ1) is 15.1. The Bertz CT molecular complexity index is 746. The lowest BCUT2D eigenvalue weighted by Gasteiger charge is -2.44. The molecule has 32 heavy (non-hydrogen) atoms. The van der Waals surface area contributed by atoms with E-state index in [1.54, 1.807) is 0 Å². The molecule has 180 valence electrons. The van der Waals surface area contributed by atoms with Gasteiger partial charge in [-0.2, -0.15) is 0 Å². The van der Waals surface area contributed by atoms with Gasteiger partial charge in [-0.1, -0.05) is 64.2 Å². The summed E-state index contributed by atoms with van der Waals surface area (Å²) in [7, 11) is 0. The van der Waals surface area contributed by atoms with E-state index < -0.39 is 12.2 Å². The van der Waals surface area contributed by atoms with Crippen molar-refractivity contribution in [2.75, 3.05) is 0 Å². The Kier molecular flexibility index (Phi) is 8.63. The number of hydrogen-bond acceptors (Lipinski definition) is 3. The summed E-state index contributed by atoms with van der Waals surface area (Å²) in [6.07, 6.45) is 16.3. The van der Waals surface area contributed by atoms with Crippen molar-refractivity contribution in [2.24, 2.45) is 29.1 Å². The van der Waals surface area contributed by atoms with Gasteiger partial charge in [0.1, 0.15) is 0 Å². The molecular formula is C29H46O3. The molecule has 3 fully saturated rings. The maximum atomic E-state index is 10.3. The van der Waals surface area contributed by atoms with Gasteiger partial charge < -0.3 is 15.3 Å². The first-order valence-corrected chi connectivity index (χ1v) is 12.9.